The molecular weight excluding hydrogens is 338 g/mol. The Labute approximate surface area is 159 Å². The minimum atomic E-state index is -0.181. The highest BCUT2D eigenvalue weighted by molar-refractivity contribution is 6.04. The summed E-state index contributed by atoms with van der Waals surface area (Å²) >= 11 is 0. The lowest BCUT2D eigenvalue weighted by atomic mass is 10.0. The first-order valence-electron chi connectivity index (χ1n) is 8.85. The van der Waals surface area contributed by atoms with Crippen molar-refractivity contribution in [2.45, 2.75) is 19.8 Å². The Bertz CT molecular complexity index is 921. The highest BCUT2D eigenvalue weighted by Gasteiger charge is 2.11. The van der Waals surface area contributed by atoms with Gasteiger partial charge in [0, 0.05) is 11.9 Å². The Morgan fingerprint density at radius 1 is 0.963 bits per heavy atom. The molecule has 1 amide bonds. The number of methoxy groups -OCH3 is 1. The summed E-state index contributed by atoms with van der Waals surface area (Å²) in [5, 5.41) is 6.17. The maximum Gasteiger partial charge on any atom is 0.257 e. The topological polar surface area (TPSA) is 63.2 Å². The highest BCUT2D eigenvalue weighted by Crippen LogP contribution is 2.27. The number of aromatic nitrogens is 1. The lowest BCUT2D eigenvalue weighted by molar-refractivity contribution is 0.102. The third-order valence-electron chi connectivity index (χ3n) is 4.23. The number of benzene rings is 2. The third-order valence-corrected chi connectivity index (χ3v) is 4.23. The third kappa shape index (κ3) is 4.44. The molecule has 0 unspecified atom stereocenters. The first kappa shape index (κ1) is 18.5. The van der Waals surface area contributed by atoms with E-state index in [2.05, 4.69) is 29.5 Å². The molecule has 5 nitrogen and oxygen atoms in total. The van der Waals surface area contributed by atoms with Gasteiger partial charge in [0.05, 0.1) is 18.4 Å². The average molecular weight is 361 g/mol. The number of anilines is 3. The molecule has 0 aliphatic heterocycles. The predicted molar refractivity (Wildman–Crippen MR) is 109 cm³/mol. The zero-order valence-corrected chi connectivity index (χ0v) is 15.7. The second-order valence-corrected chi connectivity index (χ2v) is 6.45. The number of hydrogen-bond acceptors (Lipinski definition) is 4. The number of ether oxygens (including phenoxy) is 1. The van der Waals surface area contributed by atoms with E-state index in [9.17, 15) is 4.79 Å². The van der Waals surface area contributed by atoms with Gasteiger partial charge in [0.25, 0.3) is 5.91 Å². The minimum Gasteiger partial charge on any atom is -0.495 e. The van der Waals surface area contributed by atoms with E-state index in [0.29, 0.717) is 17.3 Å². The van der Waals surface area contributed by atoms with Crippen molar-refractivity contribution in [1.82, 2.24) is 4.98 Å². The lowest BCUT2D eigenvalue weighted by Crippen LogP contribution is -2.14. The van der Waals surface area contributed by atoms with Crippen molar-refractivity contribution in [1.29, 1.82) is 0 Å². The normalized spacial score (nSPS) is 10.5. The second kappa shape index (κ2) is 8.36. The molecule has 1 heterocycles. The number of carbonyl (C=O) groups is 1. The quantitative estimate of drug-likeness (QED) is 0.633. The molecule has 27 heavy (non-hydrogen) atoms. The first-order chi connectivity index (χ1) is 13.1. The fourth-order valence-electron chi connectivity index (χ4n) is 2.80. The van der Waals surface area contributed by atoms with Crippen LogP contribution in [0.15, 0.2) is 66.9 Å². The standard InChI is InChI=1S/C22H23N3O2/c1-15(2)17-8-4-5-9-18(17)25-22(26)16-12-13-21(23-14-16)24-19-10-6-7-11-20(19)27-3/h4-15H,1-3H3,(H,23,24)(H,25,26). The zero-order chi connectivity index (χ0) is 19.2. The number of pyridine rings is 1. The van der Waals surface area contributed by atoms with Crippen molar-refractivity contribution in [2.24, 2.45) is 0 Å². The fourth-order valence-corrected chi connectivity index (χ4v) is 2.80. The van der Waals surface area contributed by atoms with Crippen LogP contribution in [0.3, 0.4) is 0 Å². The van der Waals surface area contributed by atoms with Crippen LogP contribution < -0.4 is 15.4 Å². The molecule has 0 aliphatic carbocycles. The Hall–Kier alpha value is -3.34. The molecule has 0 atom stereocenters. The molecule has 0 bridgehead atoms. The van der Waals surface area contributed by atoms with Gasteiger partial charge in [-0.05, 0) is 41.8 Å². The molecule has 2 N–H and O–H groups in total. The van der Waals surface area contributed by atoms with Crippen molar-refractivity contribution in [2.75, 3.05) is 17.7 Å². The van der Waals surface area contributed by atoms with Crippen LogP contribution in [0.2, 0.25) is 0 Å². The van der Waals surface area contributed by atoms with Gasteiger partial charge < -0.3 is 15.4 Å². The monoisotopic (exact) mass is 361 g/mol. The summed E-state index contributed by atoms with van der Waals surface area (Å²) in [4.78, 5) is 16.9. The summed E-state index contributed by atoms with van der Waals surface area (Å²) in [6, 6.07) is 19.0. The minimum absolute atomic E-state index is 0.181. The van der Waals surface area contributed by atoms with Gasteiger partial charge in [-0.1, -0.05) is 44.2 Å². The molecule has 0 aliphatic rings. The number of nitrogens with one attached hydrogen (secondary N) is 2. The summed E-state index contributed by atoms with van der Waals surface area (Å²) in [6.07, 6.45) is 1.56. The van der Waals surface area contributed by atoms with Crippen LogP contribution in [-0.2, 0) is 0 Å². The van der Waals surface area contributed by atoms with Crippen LogP contribution in [0.25, 0.3) is 0 Å². The maximum absolute atomic E-state index is 12.6. The van der Waals surface area contributed by atoms with E-state index in [1.165, 1.54) is 0 Å². The molecule has 5 heteroatoms. The van der Waals surface area contributed by atoms with Crippen LogP contribution in [0, 0.1) is 0 Å². The molecule has 3 rings (SSSR count). The van der Waals surface area contributed by atoms with Crippen molar-refractivity contribution >= 4 is 23.1 Å². The molecule has 3 aromatic rings. The van der Waals surface area contributed by atoms with E-state index in [1.54, 1.807) is 25.4 Å². The Balaban J connectivity index is 1.73. The van der Waals surface area contributed by atoms with E-state index >= 15 is 0 Å². The number of hydrogen-bond donors (Lipinski definition) is 2. The summed E-state index contributed by atoms with van der Waals surface area (Å²) < 4.78 is 5.32. The molecule has 138 valence electrons. The Morgan fingerprint density at radius 2 is 1.67 bits per heavy atom. The van der Waals surface area contributed by atoms with E-state index < -0.39 is 0 Å². The molecule has 1 aromatic heterocycles. The molecule has 0 spiro atoms. The molecule has 2 aromatic carbocycles. The van der Waals surface area contributed by atoms with Crippen molar-refractivity contribution in [3.05, 3.63) is 78.0 Å². The summed E-state index contributed by atoms with van der Waals surface area (Å²) in [7, 11) is 1.62. The fraction of sp³-hybridized carbons (Fsp3) is 0.182. The number of nitrogens with zero attached hydrogens (tertiary/aromatic N) is 1. The predicted octanol–water partition coefficient (Wildman–Crippen LogP) is 5.21. The van der Waals surface area contributed by atoms with Gasteiger partial charge >= 0.3 is 0 Å². The zero-order valence-electron chi connectivity index (χ0n) is 15.7. The van der Waals surface area contributed by atoms with E-state index in [1.807, 2.05) is 48.5 Å². The number of rotatable bonds is 6. The van der Waals surface area contributed by atoms with Gasteiger partial charge in [0.2, 0.25) is 0 Å². The Kier molecular flexibility index (Phi) is 5.71. The van der Waals surface area contributed by atoms with Gasteiger partial charge in [0.1, 0.15) is 11.6 Å². The van der Waals surface area contributed by atoms with Gasteiger partial charge in [-0.2, -0.15) is 0 Å². The van der Waals surface area contributed by atoms with Crippen molar-refractivity contribution in [3.8, 4) is 5.75 Å². The Morgan fingerprint density at radius 3 is 2.33 bits per heavy atom. The molecular formula is C22H23N3O2. The molecule has 0 fully saturated rings. The van der Waals surface area contributed by atoms with Gasteiger partial charge in [-0.3, -0.25) is 4.79 Å². The number of para-hydroxylation sites is 3. The van der Waals surface area contributed by atoms with Crippen molar-refractivity contribution < 1.29 is 9.53 Å². The largest absolute Gasteiger partial charge is 0.495 e. The summed E-state index contributed by atoms with van der Waals surface area (Å²) in [5.74, 6) is 1.51. The van der Waals surface area contributed by atoms with Crippen LogP contribution in [-0.4, -0.2) is 18.0 Å². The molecule has 0 radical (unpaired) electrons. The SMILES string of the molecule is COc1ccccc1Nc1ccc(C(=O)Nc2ccccc2C(C)C)cn1. The smallest absolute Gasteiger partial charge is 0.257 e. The van der Waals surface area contributed by atoms with E-state index in [-0.39, 0.29) is 5.91 Å². The van der Waals surface area contributed by atoms with Crippen LogP contribution in [0.5, 0.6) is 5.75 Å². The summed E-state index contributed by atoms with van der Waals surface area (Å²) in [5.41, 5.74) is 3.25. The highest BCUT2D eigenvalue weighted by atomic mass is 16.5. The second-order valence-electron chi connectivity index (χ2n) is 6.45. The number of carbonyl (C=O) groups excluding carboxylic acids is 1. The lowest BCUT2D eigenvalue weighted by Gasteiger charge is -2.14. The van der Waals surface area contributed by atoms with Crippen LogP contribution >= 0.6 is 0 Å². The molecule has 0 saturated carbocycles. The van der Waals surface area contributed by atoms with Crippen LogP contribution in [0.1, 0.15) is 35.7 Å². The van der Waals surface area contributed by atoms with Gasteiger partial charge in [-0.25, -0.2) is 4.98 Å². The summed E-state index contributed by atoms with van der Waals surface area (Å²) in [6.45, 7) is 4.20. The number of amides is 1. The first-order valence-corrected chi connectivity index (χ1v) is 8.85. The van der Waals surface area contributed by atoms with E-state index in [0.717, 1.165) is 22.7 Å². The van der Waals surface area contributed by atoms with Crippen molar-refractivity contribution in [3.63, 3.8) is 0 Å². The van der Waals surface area contributed by atoms with Gasteiger partial charge in [-0.15, -0.1) is 0 Å². The molecule has 0 saturated heterocycles. The van der Waals surface area contributed by atoms with Crippen LogP contribution in [0.4, 0.5) is 17.2 Å². The van der Waals surface area contributed by atoms with Gasteiger partial charge in [0.15, 0.2) is 0 Å². The van der Waals surface area contributed by atoms with E-state index in [4.69, 9.17) is 4.74 Å². The average Bonchev–Trinajstić information content (AvgIpc) is 2.69. The maximum atomic E-state index is 12.6.